The number of carbonyl (C=O) groups is 1. The standard InChI is InChI=1S/C19H26N4O2/c1-3-6-18(24)23-16-10-8-15(9-11-16)13-21-19(20-4-2)22-14-17-7-5-12-25-17/h5,7-12H,3-4,6,13-14H2,1-2H3,(H,23,24)(H2,20,21,22). The van der Waals surface area contributed by atoms with E-state index >= 15 is 0 Å². The highest BCUT2D eigenvalue weighted by Crippen LogP contribution is 2.11. The van der Waals surface area contributed by atoms with Crippen molar-refractivity contribution in [3.63, 3.8) is 0 Å². The summed E-state index contributed by atoms with van der Waals surface area (Å²) in [7, 11) is 0. The summed E-state index contributed by atoms with van der Waals surface area (Å²) in [6.45, 7) is 5.94. The zero-order valence-corrected chi connectivity index (χ0v) is 14.8. The number of hydrogen-bond acceptors (Lipinski definition) is 3. The minimum absolute atomic E-state index is 0.0461. The Morgan fingerprint density at radius 1 is 1.12 bits per heavy atom. The summed E-state index contributed by atoms with van der Waals surface area (Å²) in [6, 6.07) is 11.5. The van der Waals surface area contributed by atoms with E-state index in [2.05, 4.69) is 20.9 Å². The van der Waals surface area contributed by atoms with Crippen molar-refractivity contribution < 1.29 is 9.21 Å². The lowest BCUT2D eigenvalue weighted by Crippen LogP contribution is -2.36. The van der Waals surface area contributed by atoms with Gasteiger partial charge in [-0.25, -0.2) is 4.99 Å². The number of aliphatic imine (C=N–C) groups is 1. The molecule has 0 saturated heterocycles. The highest BCUT2D eigenvalue weighted by molar-refractivity contribution is 5.90. The van der Waals surface area contributed by atoms with Gasteiger partial charge in [-0.3, -0.25) is 4.79 Å². The van der Waals surface area contributed by atoms with E-state index < -0.39 is 0 Å². The van der Waals surface area contributed by atoms with Gasteiger partial charge in [0.2, 0.25) is 5.91 Å². The van der Waals surface area contributed by atoms with Gasteiger partial charge in [-0.15, -0.1) is 0 Å². The quantitative estimate of drug-likeness (QED) is 0.508. The van der Waals surface area contributed by atoms with Gasteiger partial charge in [-0.2, -0.15) is 0 Å². The number of carbonyl (C=O) groups excluding carboxylic acids is 1. The van der Waals surface area contributed by atoms with Crippen molar-refractivity contribution in [1.29, 1.82) is 0 Å². The number of amides is 1. The minimum atomic E-state index is 0.0461. The van der Waals surface area contributed by atoms with E-state index in [1.54, 1.807) is 6.26 Å². The van der Waals surface area contributed by atoms with Crippen LogP contribution in [0.5, 0.6) is 0 Å². The van der Waals surface area contributed by atoms with Gasteiger partial charge in [-0.1, -0.05) is 19.1 Å². The maximum absolute atomic E-state index is 11.6. The van der Waals surface area contributed by atoms with Crippen LogP contribution in [0.25, 0.3) is 0 Å². The fourth-order valence-electron chi connectivity index (χ4n) is 2.24. The Labute approximate surface area is 148 Å². The predicted molar refractivity (Wildman–Crippen MR) is 100 cm³/mol. The van der Waals surface area contributed by atoms with E-state index in [1.165, 1.54) is 0 Å². The summed E-state index contributed by atoms with van der Waals surface area (Å²) in [5, 5.41) is 9.32. The molecule has 3 N–H and O–H groups in total. The van der Waals surface area contributed by atoms with Crippen molar-refractivity contribution in [3.05, 3.63) is 54.0 Å². The van der Waals surface area contributed by atoms with Gasteiger partial charge in [0.05, 0.1) is 19.4 Å². The summed E-state index contributed by atoms with van der Waals surface area (Å²) in [6.07, 6.45) is 3.04. The van der Waals surface area contributed by atoms with E-state index in [0.29, 0.717) is 19.5 Å². The smallest absolute Gasteiger partial charge is 0.224 e. The lowest BCUT2D eigenvalue weighted by Gasteiger charge is -2.10. The van der Waals surface area contributed by atoms with Crippen molar-refractivity contribution in [1.82, 2.24) is 10.6 Å². The van der Waals surface area contributed by atoms with Crippen LogP contribution in [-0.2, 0) is 17.9 Å². The van der Waals surface area contributed by atoms with Crippen molar-refractivity contribution >= 4 is 17.6 Å². The number of guanidine groups is 1. The van der Waals surface area contributed by atoms with Crippen LogP contribution in [0.1, 0.15) is 38.0 Å². The first-order valence-electron chi connectivity index (χ1n) is 8.64. The van der Waals surface area contributed by atoms with Crippen LogP contribution in [0.2, 0.25) is 0 Å². The Bertz CT molecular complexity index is 663. The van der Waals surface area contributed by atoms with Crippen molar-refractivity contribution in [2.24, 2.45) is 4.99 Å². The topological polar surface area (TPSA) is 78.7 Å². The number of nitrogens with one attached hydrogen (secondary N) is 3. The molecule has 1 aromatic carbocycles. The molecule has 0 bridgehead atoms. The van der Waals surface area contributed by atoms with Gasteiger partial charge in [0.1, 0.15) is 5.76 Å². The van der Waals surface area contributed by atoms with Crippen LogP contribution in [0.3, 0.4) is 0 Å². The van der Waals surface area contributed by atoms with Gasteiger partial charge < -0.3 is 20.4 Å². The molecule has 2 aromatic rings. The molecule has 134 valence electrons. The van der Waals surface area contributed by atoms with Crippen LogP contribution >= 0.6 is 0 Å². The molecule has 0 spiro atoms. The van der Waals surface area contributed by atoms with Gasteiger partial charge in [0, 0.05) is 18.7 Å². The number of nitrogens with zero attached hydrogens (tertiary/aromatic N) is 1. The highest BCUT2D eigenvalue weighted by atomic mass is 16.3. The summed E-state index contributed by atoms with van der Waals surface area (Å²) in [5.74, 6) is 1.64. The Kier molecular flexibility index (Phi) is 7.56. The van der Waals surface area contributed by atoms with Gasteiger partial charge in [0.25, 0.3) is 0 Å². The first-order valence-corrected chi connectivity index (χ1v) is 8.64. The van der Waals surface area contributed by atoms with Crippen LogP contribution in [0.4, 0.5) is 5.69 Å². The summed E-state index contributed by atoms with van der Waals surface area (Å²) < 4.78 is 5.31. The third kappa shape index (κ3) is 6.71. The average molecular weight is 342 g/mol. The highest BCUT2D eigenvalue weighted by Gasteiger charge is 2.02. The summed E-state index contributed by atoms with van der Waals surface area (Å²) in [4.78, 5) is 16.2. The Balaban J connectivity index is 1.89. The van der Waals surface area contributed by atoms with Crippen molar-refractivity contribution in [2.75, 3.05) is 11.9 Å². The molecule has 6 nitrogen and oxygen atoms in total. The van der Waals surface area contributed by atoms with Gasteiger partial charge in [-0.05, 0) is 43.2 Å². The van der Waals surface area contributed by atoms with Crippen molar-refractivity contribution in [2.45, 2.75) is 39.8 Å². The zero-order chi connectivity index (χ0) is 17.9. The normalized spacial score (nSPS) is 11.2. The lowest BCUT2D eigenvalue weighted by molar-refractivity contribution is -0.116. The molecule has 0 aliphatic rings. The number of hydrogen-bond donors (Lipinski definition) is 3. The Morgan fingerprint density at radius 2 is 1.92 bits per heavy atom. The number of benzene rings is 1. The third-order valence-corrected chi connectivity index (χ3v) is 3.49. The number of anilines is 1. The minimum Gasteiger partial charge on any atom is -0.467 e. The van der Waals surface area contributed by atoms with E-state index in [-0.39, 0.29) is 5.91 Å². The van der Waals surface area contributed by atoms with E-state index in [1.807, 2.05) is 50.2 Å². The monoisotopic (exact) mass is 342 g/mol. The molecular formula is C19H26N4O2. The fraction of sp³-hybridized carbons (Fsp3) is 0.368. The molecule has 25 heavy (non-hydrogen) atoms. The van der Waals surface area contributed by atoms with E-state index in [9.17, 15) is 4.79 Å². The van der Waals surface area contributed by atoms with Crippen LogP contribution in [-0.4, -0.2) is 18.4 Å². The molecule has 0 aliphatic carbocycles. The largest absolute Gasteiger partial charge is 0.467 e. The first-order chi connectivity index (χ1) is 12.2. The van der Waals surface area contributed by atoms with Gasteiger partial charge in [0.15, 0.2) is 5.96 Å². The first kappa shape index (κ1) is 18.6. The second-order valence-corrected chi connectivity index (χ2v) is 5.62. The summed E-state index contributed by atoms with van der Waals surface area (Å²) >= 11 is 0. The van der Waals surface area contributed by atoms with Crippen LogP contribution in [0, 0.1) is 0 Å². The molecule has 0 fully saturated rings. The SMILES string of the molecule is CCCC(=O)Nc1ccc(CN=C(NCC)NCc2ccco2)cc1. The molecule has 1 heterocycles. The van der Waals surface area contributed by atoms with E-state index in [0.717, 1.165) is 35.9 Å². The zero-order valence-electron chi connectivity index (χ0n) is 14.8. The van der Waals surface area contributed by atoms with Crippen LogP contribution in [0.15, 0.2) is 52.1 Å². The molecule has 0 saturated carbocycles. The lowest BCUT2D eigenvalue weighted by atomic mass is 10.2. The molecule has 1 aromatic heterocycles. The molecule has 1 amide bonds. The fourth-order valence-corrected chi connectivity index (χ4v) is 2.24. The third-order valence-electron chi connectivity index (χ3n) is 3.49. The Hall–Kier alpha value is -2.76. The molecule has 0 atom stereocenters. The predicted octanol–water partition coefficient (Wildman–Crippen LogP) is 3.27. The summed E-state index contributed by atoms with van der Waals surface area (Å²) in [5.41, 5.74) is 1.89. The second-order valence-electron chi connectivity index (χ2n) is 5.62. The number of furan rings is 1. The molecule has 0 unspecified atom stereocenters. The number of rotatable bonds is 8. The molecule has 0 aliphatic heterocycles. The average Bonchev–Trinajstić information content (AvgIpc) is 3.12. The molecule has 6 heteroatoms. The molecular weight excluding hydrogens is 316 g/mol. The van der Waals surface area contributed by atoms with Crippen molar-refractivity contribution in [3.8, 4) is 0 Å². The maximum atomic E-state index is 11.6. The van der Waals surface area contributed by atoms with E-state index in [4.69, 9.17) is 4.42 Å². The van der Waals surface area contributed by atoms with Crippen LogP contribution < -0.4 is 16.0 Å². The maximum Gasteiger partial charge on any atom is 0.224 e. The second kappa shape index (κ2) is 10.2. The Morgan fingerprint density at radius 3 is 2.56 bits per heavy atom. The molecule has 2 rings (SSSR count). The molecule has 0 radical (unpaired) electrons. The van der Waals surface area contributed by atoms with Gasteiger partial charge >= 0.3 is 0 Å².